The van der Waals surface area contributed by atoms with E-state index >= 15 is 0 Å². The van der Waals surface area contributed by atoms with Crippen molar-refractivity contribution in [1.29, 1.82) is 0 Å². The number of benzene rings is 1. The third kappa shape index (κ3) is 2.23. The second-order valence-corrected chi connectivity index (χ2v) is 5.02. The Kier molecular flexibility index (Phi) is 3.90. The molecule has 2 aromatic rings. The van der Waals surface area contributed by atoms with Crippen LogP contribution in [0.15, 0.2) is 18.2 Å². The highest BCUT2D eigenvalue weighted by atomic mass is 35.5. The van der Waals surface area contributed by atoms with Gasteiger partial charge in [0.05, 0.1) is 22.2 Å². The Morgan fingerprint density at radius 3 is 2.33 bits per heavy atom. The topological polar surface area (TPSA) is 56.7 Å². The fourth-order valence-electron chi connectivity index (χ4n) is 1.89. The fourth-order valence-corrected chi connectivity index (χ4v) is 2.45. The van der Waals surface area contributed by atoms with Crippen molar-refractivity contribution in [2.45, 2.75) is 26.4 Å². The van der Waals surface area contributed by atoms with Gasteiger partial charge in [0.15, 0.2) is 5.82 Å². The summed E-state index contributed by atoms with van der Waals surface area (Å²) >= 11 is 12.4. The SMILES string of the molecule is CC(C)n1c(CN)nnc1-c1c(Cl)cccc1Cl. The number of rotatable bonds is 3. The number of nitrogens with two attached hydrogens (primary N) is 1. The molecule has 1 aromatic heterocycles. The van der Waals surface area contributed by atoms with Crippen LogP contribution in [0.2, 0.25) is 10.0 Å². The molecular formula is C12H14Cl2N4. The predicted octanol–water partition coefficient (Wildman–Crippen LogP) is 3.29. The Balaban J connectivity index is 2.68. The smallest absolute Gasteiger partial charge is 0.167 e. The molecule has 0 spiro atoms. The summed E-state index contributed by atoms with van der Waals surface area (Å²) in [5, 5.41) is 9.36. The molecule has 0 saturated heterocycles. The molecule has 0 fully saturated rings. The monoisotopic (exact) mass is 284 g/mol. The van der Waals surface area contributed by atoms with E-state index < -0.39 is 0 Å². The quantitative estimate of drug-likeness (QED) is 0.941. The molecule has 0 amide bonds. The number of halogens is 2. The Labute approximate surface area is 116 Å². The highest BCUT2D eigenvalue weighted by Gasteiger charge is 2.19. The van der Waals surface area contributed by atoms with Crippen LogP contribution in [0.25, 0.3) is 11.4 Å². The molecule has 1 aromatic carbocycles. The third-order valence-corrected chi connectivity index (χ3v) is 3.28. The van der Waals surface area contributed by atoms with E-state index in [0.29, 0.717) is 28.0 Å². The van der Waals surface area contributed by atoms with Crippen LogP contribution in [0.1, 0.15) is 25.7 Å². The highest BCUT2D eigenvalue weighted by molar-refractivity contribution is 6.38. The Morgan fingerprint density at radius 1 is 1.22 bits per heavy atom. The number of hydrogen-bond acceptors (Lipinski definition) is 3. The molecule has 0 bridgehead atoms. The van der Waals surface area contributed by atoms with Gasteiger partial charge in [-0.2, -0.15) is 0 Å². The summed E-state index contributed by atoms with van der Waals surface area (Å²) < 4.78 is 1.95. The van der Waals surface area contributed by atoms with Crippen molar-refractivity contribution in [3.05, 3.63) is 34.1 Å². The standard InChI is InChI=1S/C12H14Cl2N4/c1-7(2)18-10(6-15)16-17-12(18)11-8(13)4-3-5-9(11)14/h3-5,7H,6,15H2,1-2H3. The minimum atomic E-state index is 0.181. The average Bonchev–Trinajstić information content (AvgIpc) is 2.72. The van der Waals surface area contributed by atoms with E-state index in [9.17, 15) is 0 Å². The van der Waals surface area contributed by atoms with Gasteiger partial charge in [-0.25, -0.2) is 0 Å². The molecule has 0 unspecified atom stereocenters. The van der Waals surface area contributed by atoms with E-state index in [4.69, 9.17) is 28.9 Å². The maximum atomic E-state index is 6.20. The molecule has 18 heavy (non-hydrogen) atoms. The Bertz CT molecular complexity index is 543. The van der Waals surface area contributed by atoms with Crippen molar-refractivity contribution in [3.63, 3.8) is 0 Å². The first-order valence-electron chi connectivity index (χ1n) is 5.64. The molecule has 6 heteroatoms. The van der Waals surface area contributed by atoms with Crippen molar-refractivity contribution in [2.75, 3.05) is 0 Å². The Hall–Kier alpha value is -1.10. The van der Waals surface area contributed by atoms with Crippen LogP contribution in [0.3, 0.4) is 0 Å². The summed E-state index contributed by atoms with van der Waals surface area (Å²) in [6.45, 7) is 4.40. The highest BCUT2D eigenvalue weighted by Crippen LogP contribution is 2.34. The van der Waals surface area contributed by atoms with Crippen LogP contribution in [0, 0.1) is 0 Å². The molecule has 0 aliphatic rings. The van der Waals surface area contributed by atoms with Crippen LogP contribution in [0.4, 0.5) is 0 Å². The van der Waals surface area contributed by atoms with Gasteiger partial charge in [-0.3, -0.25) is 0 Å². The lowest BCUT2D eigenvalue weighted by atomic mass is 10.2. The molecule has 0 atom stereocenters. The summed E-state index contributed by atoms with van der Waals surface area (Å²) in [5.41, 5.74) is 6.36. The molecule has 1 heterocycles. The lowest BCUT2D eigenvalue weighted by Gasteiger charge is -2.14. The van der Waals surface area contributed by atoms with Crippen molar-refractivity contribution < 1.29 is 0 Å². The summed E-state index contributed by atoms with van der Waals surface area (Å²) in [4.78, 5) is 0. The van der Waals surface area contributed by atoms with Crippen molar-refractivity contribution in [3.8, 4) is 11.4 Å². The zero-order valence-electron chi connectivity index (χ0n) is 10.2. The molecule has 0 saturated carbocycles. The maximum absolute atomic E-state index is 6.20. The first-order chi connectivity index (χ1) is 8.56. The summed E-state index contributed by atoms with van der Waals surface area (Å²) in [7, 11) is 0. The van der Waals surface area contributed by atoms with Crippen molar-refractivity contribution >= 4 is 23.2 Å². The van der Waals surface area contributed by atoms with Crippen LogP contribution in [-0.2, 0) is 6.54 Å². The summed E-state index contributed by atoms with van der Waals surface area (Å²) in [5.74, 6) is 1.37. The van der Waals surface area contributed by atoms with E-state index in [1.54, 1.807) is 18.2 Å². The van der Waals surface area contributed by atoms with Crippen molar-refractivity contribution in [1.82, 2.24) is 14.8 Å². The molecule has 96 valence electrons. The van der Waals surface area contributed by atoms with Crippen LogP contribution < -0.4 is 5.73 Å². The van der Waals surface area contributed by atoms with Gasteiger partial charge in [0.2, 0.25) is 0 Å². The molecule has 0 aliphatic carbocycles. The van der Waals surface area contributed by atoms with E-state index in [1.165, 1.54) is 0 Å². The van der Waals surface area contributed by atoms with E-state index in [-0.39, 0.29) is 6.04 Å². The largest absolute Gasteiger partial charge is 0.324 e. The van der Waals surface area contributed by atoms with Gasteiger partial charge < -0.3 is 10.3 Å². The van der Waals surface area contributed by atoms with Gasteiger partial charge in [-0.05, 0) is 26.0 Å². The maximum Gasteiger partial charge on any atom is 0.167 e. The van der Waals surface area contributed by atoms with Gasteiger partial charge in [-0.1, -0.05) is 29.3 Å². The van der Waals surface area contributed by atoms with Gasteiger partial charge in [-0.15, -0.1) is 10.2 Å². The van der Waals surface area contributed by atoms with Gasteiger partial charge in [0.1, 0.15) is 5.82 Å². The van der Waals surface area contributed by atoms with E-state index in [0.717, 1.165) is 5.82 Å². The normalized spacial score (nSPS) is 11.2. The molecule has 0 aliphatic heterocycles. The second-order valence-electron chi connectivity index (χ2n) is 4.20. The zero-order chi connectivity index (χ0) is 13.3. The predicted molar refractivity (Wildman–Crippen MR) is 73.8 cm³/mol. The molecule has 2 rings (SSSR count). The van der Waals surface area contributed by atoms with Gasteiger partial charge in [0.25, 0.3) is 0 Å². The molecule has 4 nitrogen and oxygen atoms in total. The third-order valence-electron chi connectivity index (χ3n) is 2.65. The zero-order valence-corrected chi connectivity index (χ0v) is 11.7. The minimum Gasteiger partial charge on any atom is -0.324 e. The van der Waals surface area contributed by atoms with Crippen LogP contribution in [0.5, 0.6) is 0 Å². The molecular weight excluding hydrogens is 271 g/mol. The average molecular weight is 285 g/mol. The first kappa shape index (κ1) is 13.3. The number of nitrogens with zero attached hydrogens (tertiary/aromatic N) is 3. The van der Waals surface area contributed by atoms with Gasteiger partial charge in [0, 0.05) is 6.04 Å². The Morgan fingerprint density at radius 2 is 1.83 bits per heavy atom. The lowest BCUT2D eigenvalue weighted by molar-refractivity contribution is 0.574. The molecule has 2 N–H and O–H groups in total. The van der Waals surface area contributed by atoms with E-state index in [2.05, 4.69) is 10.2 Å². The summed E-state index contributed by atoms with van der Waals surface area (Å²) in [6, 6.07) is 5.55. The van der Waals surface area contributed by atoms with Gasteiger partial charge >= 0.3 is 0 Å². The lowest BCUT2D eigenvalue weighted by Crippen LogP contribution is -2.11. The first-order valence-corrected chi connectivity index (χ1v) is 6.40. The minimum absolute atomic E-state index is 0.181. The second kappa shape index (κ2) is 5.26. The van der Waals surface area contributed by atoms with Crippen molar-refractivity contribution in [2.24, 2.45) is 5.73 Å². The van der Waals surface area contributed by atoms with Crippen LogP contribution >= 0.6 is 23.2 Å². The molecule has 0 radical (unpaired) electrons. The number of hydrogen-bond donors (Lipinski definition) is 1. The fraction of sp³-hybridized carbons (Fsp3) is 0.333. The van der Waals surface area contributed by atoms with E-state index in [1.807, 2.05) is 18.4 Å². The summed E-state index contributed by atoms with van der Waals surface area (Å²) in [6.07, 6.45) is 0. The number of aromatic nitrogens is 3. The van der Waals surface area contributed by atoms with Crippen LogP contribution in [-0.4, -0.2) is 14.8 Å².